The lowest BCUT2D eigenvalue weighted by Gasteiger charge is -2.28. The summed E-state index contributed by atoms with van der Waals surface area (Å²) in [6.07, 6.45) is 0. The van der Waals surface area contributed by atoms with E-state index < -0.39 is 18.6 Å². The number of nitrogens with zero attached hydrogens (tertiary/aromatic N) is 2. The van der Waals surface area contributed by atoms with Crippen LogP contribution in [0.3, 0.4) is 0 Å². The molecule has 4 N–H and O–H groups in total. The van der Waals surface area contributed by atoms with Crippen LogP contribution in [0, 0.1) is 0 Å². The van der Waals surface area contributed by atoms with Crippen molar-refractivity contribution >= 4 is 11.9 Å². The average molecular weight is 267 g/mol. The zero-order valence-electron chi connectivity index (χ0n) is 10.6. The first kappa shape index (κ1) is 14.8. The monoisotopic (exact) mass is 267 g/mol. The molecule has 104 valence electrons. The number of rotatable bonds is 6. The summed E-state index contributed by atoms with van der Waals surface area (Å²) in [6, 6.07) is 7.96. The second kappa shape index (κ2) is 7.22. The highest BCUT2D eigenvalue weighted by atomic mass is 16.6. The molecule has 0 amide bonds. The minimum atomic E-state index is -1.19. The molecule has 0 aliphatic carbocycles. The number of aliphatic hydroxyl groups excluding tert-OH is 1. The maximum Gasteiger partial charge on any atom is 0.328 e. The molecule has 7 heteroatoms. The number of guanidine groups is 1. The lowest BCUT2D eigenvalue weighted by Crippen LogP contribution is -2.50. The van der Waals surface area contributed by atoms with Gasteiger partial charge < -0.3 is 25.7 Å². The van der Waals surface area contributed by atoms with Gasteiger partial charge in [-0.25, -0.2) is 4.79 Å². The largest absolute Gasteiger partial charge is 0.480 e. The van der Waals surface area contributed by atoms with Gasteiger partial charge in [0, 0.05) is 6.54 Å². The van der Waals surface area contributed by atoms with Crippen LogP contribution in [0.1, 0.15) is 5.56 Å². The second-order valence-electron chi connectivity index (χ2n) is 3.78. The third-order valence-electron chi connectivity index (χ3n) is 2.51. The molecule has 0 aliphatic heterocycles. The van der Waals surface area contributed by atoms with Gasteiger partial charge in [0.1, 0.15) is 7.11 Å². The number of carboxylic acids is 1. The highest BCUT2D eigenvalue weighted by molar-refractivity contribution is 5.84. The molecule has 0 saturated heterocycles. The fraction of sp³-hybridized carbons (Fsp3) is 0.333. The summed E-state index contributed by atoms with van der Waals surface area (Å²) in [7, 11) is 1.31. The molecule has 0 heterocycles. The Balaban J connectivity index is 2.98. The summed E-state index contributed by atoms with van der Waals surface area (Å²) >= 11 is 0. The molecule has 0 saturated carbocycles. The van der Waals surface area contributed by atoms with Gasteiger partial charge in [-0.05, 0) is 10.7 Å². The van der Waals surface area contributed by atoms with Crippen molar-refractivity contribution < 1.29 is 19.8 Å². The van der Waals surface area contributed by atoms with Crippen LogP contribution in [-0.4, -0.2) is 46.8 Å². The van der Waals surface area contributed by atoms with E-state index in [2.05, 4.69) is 9.99 Å². The highest BCUT2D eigenvalue weighted by Crippen LogP contribution is 2.08. The van der Waals surface area contributed by atoms with E-state index in [9.17, 15) is 9.90 Å². The number of oxime groups is 1. The maximum atomic E-state index is 11.1. The normalized spacial score (nSPS) is 12.8. The van der Waals surface area contributed by atoms with Crippen molar-refractivity contribution in [3.05, 3.63) is 35.9 Å². The molecule has 1 rings (SSSR count). The van der Waals surface area contributed by atoms with E-state index in [0.717, 1.165) is 5.56 Å². The maximum absolute atomic E-state index is 11.1. The van der Waals surface area contributed by atoms with Crippen LogP contribution in [0.4, 0.5) is 0 Å². The Morgan fingerprint density at radius 1 is 1.47 bits per heavy atom. The number of hydrogen-bond acceptors (Lipinski definition) is 4. The van der Waals surface area contributed by atoms with E-state index in [1.807, 2.05) is 30.3 Å². The topological polar surface area (TPSA) is 108 Å². The zero-order valence-corrected chi connectivity index (χ0v) is 10.6. The number of benzene rings is 1. The van der Waals surface area contributed by atoms with Crippen molar-refractivity contribution in [2.24, 2.45) is 10.9 Å². The third kappa shape index (κ3) is 4.14. The Morgan fingerprint density at radius 2 is 2.11 bits per heavy atom. The van der Waals surface area contributed by atoms with Gasteiger partial charge in [-0.15, -0.1) is 0 Å². The Hall–Kier alpha value is -2.28. The summed E-state index contributed by atoms with van der Waals surface area (Å²) in [6.45, 7) is -0.376. The first-order valence-corrected chi connectivity index (χ1v) is 5.61. The van der Waals surface area contributed by atoms with Crippen molar-refractivity contribution in [3.8, 4) is 0 Å². The Labute approximate surface area is 110 Å². The molecule has 0 bridgehead atoms. The standard InChI is InChI=1S/C12H17N3O4/c1-19-14-12(13)15(10(8-16)11(17)18)7-9-5-3-2-4-6-9/h2-6,10,16H,7-8H2,1H3,(H2,13,14)(H,17,18). The van der Waals surface area contributed by atoms with E-state index in [-0.39, 0.29) is 12.5 Å². The molecule has 0 spiro atoms. The molecule has 1 aromatic carbocycles. The minimum Gasteiger partial charge on any atom is -0.480 e. The summed E-state index contributed by atoms with van der Waals surface area (Å²) in [5.74, 6) is -1.29. The third-order valence-corrected chi connectivity index (χ3v) is 2.51. The van der Waals surface area contributed by atoms with Crippen molar-refractivity contribution in [3.63, 3.8) is 0 Å². The van der Waals surface area contributed by atoms with E-state index in [4.69, 9.17) is 10.8 Å². The molecule has 0 aliphatic rings. The van der Waals surface area contributed by atoms with Crippen molar-refractivity contribution in [1.29, 1.82) is 0 Å². The summed E-state index contributed by atoms with van der Waals surface area (Å²) in [4.78, 5) is 16.9. The second-order valence-corrected chi connectivity index (χ2v) is 3.78. The van der Waals surface area contributed by atoms with Crippen molar-refractivity contribution in [2.45, 2.75) is 12.6 Å². The van der Waals surface area contributed by atoms with E-state index in [0.29, 0.717) is 0 Å². The Morgan fingerprint density at radius 3 is 2.58 bits per heavy atom. The van der Waals surface area contributed by atoms with Gasteiger partial charge in [-0.1, -0.05) is 30.3 Å². The van der Waals surface area contributed by atoms with Gasteiger partial charge in [0.15, 0.2) is 6.04 Å². The first-order valence-electron chi connectivity index (χ1n) is 5.61. The summed E-state index contributed by atoms with van der Waals surface area (Å²) in [5.41, 5.74) is 6.51. The predicted octanol–water partition coefficient (Wildman–Crippen LogP) is -0.190. The molecule has 1 unspecified atom stereocenters. The van der Waals surface area contributed by atoms with Crippen LogP contribution in [0.2, 0.25) is 0 Å². The van der Waals surface area contributed by atoms with Crippen LogP contribution in [0.5, 0.6) is 0 Å². The molecular weight excluding hydrogens is 250 g/mol. The van der Waals surface area contributed by atoms with Gasteiger partial charge in [0.25, 0.3) is 0 Å². The summed E-state index contributed by atoms with van der Waals surface area (Å²) < 4.78 is 0. The van der Waals surface area contributed by atoms with Gasteiger partial charge >= 0.3 is 5.97 Å². The number of nitrogens with two attached hydrogens (primary N) is 1. The van der Waals surface area contributed by atoms with Crippen LogP contribution >= 0.6 is 0 Å². The van der Waals surface area contributed by atoms with Gasteiger partial charge in [0.05, 0.1) is 6.61 Å². The van der Waals surface area contributed by atoms with E-state index in [1.54, 1.807) is 0 Å². The number of aliphatic hydroxyl groups is 1. The molecule has 0 fully saturated rings. The molecule has 0 radical (unpaired) electrons. The van der Waals surface area contributed by atoms with E-state index >= 15 is 0 Å². The lowest BCUT2D eigenvalue weighted by molar-refractivity contribution is -0.143. The Kier molecular flexibility index (Phi) is 5.62. The molecule has 1 aromatic rings. The lowest BCUT2D eigenvalue weighted by atomic mass is 10.2. The number of carboxylic acid groups (broad SMARTS) is 1. The zero-order chi connectivity index (χ0) is 14.3. The molecule has 1 atom stereocenters. The molecule has 19 heavy (non-hydrogen) atoms. The minimum absolute atomic E-state index is 0.104. The SMILES string of the molecule is CON=C(N)N(Cc1ccccc1)C(CO)C(=O)O. The summed E-state index contributed by atoms with van der Waals surface area (Å²) in [5, 5.41) is 21.8. The van der Waals surface area contributed by atoms with Crippen LogP contribution in [0.25, 0.3) is 0 Å². The van der Waals surface area contributed by atoms with Crippen molar-refractivity contribution in [2.75, 3.05) is 13.7 Å². The quantitative estimate of drug-likeness (QED) is 0.374. The molecular formula is C12H17N3O4. The van der Waals surface area contributed by atoms with Crippen LogP contribution in [0.15, 0.2) is 35.5 Å². The molecule has 7 nitrogen and oxygen atoms in total. The van der Waals surface area contributed by atoms with E-state index in [1.165, 1.54) is 12.0 Å². The fourth-order valence-corrected chi connectivity index (χ4v) is 1.59. The fourth-order valence-electron chi connectivity index (χ4n) is 1.59. The smallest absolute Gasteiger partial charge is 0.328 e. The molecule has 0 aromatic heterocycles. The van der Waals surface area contributed by atoms with Gasteiger partial charge in [-0.2, -0.15) is 0 Å². The highest BCUT2D eigenvalue weighted by Gasteiger charge is 2.27. The van der Waals surface area contributed by atoms with Gasteiger partial charge in [-0.3, -0.25) is 0 Å². The predicted molar refractivity (Wildman–Crippen MR) is 69.1 cm³/mol. The number of hydrogen-bond donors (Lipinski definition) is 3. The van der Waals surface area contributed by atoms with Gasteiger partial charge in [0.2, 0.25) is 5.96 Å². The number of carbonyl (C=O) groups is 1. The average Bonchev–Trinajstić information content (AvgIpc) is 2.39. The first-order chi connectivity index (χ1) is 9.10. The van der Waals surface area contributed by atoms with Crippen LogP contribution in [-0.2, 0) is 16.2 Å². The van der Waals surface area contributed by atoms with Crippen molar-refractivity contribution in [1.82, 2.24) is 4.90 Å². The Bertz CT molecular complexity index is 436. The number of aliphatic carboxylic acids is 1. The van der Waals surface area contributed by atoms with Crippen LogP contribution < -0.4 is 5.73 Å².